The van der Waals surface area contributed by atoms with Crippen molar-refractivity contribution >= 4 is 0 Å². The first-order valence-electron chi connectivity index (χ1n) is 14.5. The Labute approximate surface area is 233 Å². The molecule has 0 amide bonds. The number of benzene rings is 3. The third-order valence-corrected chi connectivity index (χ3v) is 9.09. The molecule has 0 saturated heterocycles. The molecule has 0 N–H and O–H groups in total. The molecule has 5 rings (SSSR count). The number of hydrogen-bond donors (Lipinski definition) is 0. The van der Waals surface area contributed by atoms with Crippen molar-refractivity contribution < 1.29 is 22.0 Å². The fourth-order valence-corrected chi connectivity index (χ4v) is 6.78. The molecule has 40 heavy (non-hydrogen) atoms. The van der Waals surface area contributed by atoms with Gasteiger partial charge in [0.15, 0.2) is 23.3 Å². The molecular formula is C34H34F5N. The van der Waals surface area contributed by atoms with Crippen LogP contribution in [0.2, 0.25) is 0 Å². The zero-order chi connectivity index (χ0) is 28.4. The predicted molar refractivity (Wildman–Crippen MR) is 146 cm³/mol. The van der Waals surface area contributed by atoms with E-state index in [2.05, 4.69) is 6.07 Å². The highest BCUT2D eigenvalue weighted by Gasteiger charge is 2.34. The molecule has 3 aromatic rings. The lowest BCUT2D eigenvalue weighted by Crippen LogP contribution is -2.23. The van der Waals surface area contributed by atoms with E-state index < -0.39 is 29.1 Å². The van der Waals surface area contributed by atoms with Crippen LogP contribution in [0.1, 0.15) is 103 Å². The minimum absolute atomic E-state index is 0.0627. The van der Waals surface area contributed by atoms with E-state index in [-0.39, 0.29) is 46.4 Å². The fraction of sp³-hybridized carbons (Fsp3) is 0.441. The van der Waals surface area contributed by atoms with Crippen molar-refractivity contribution in [3.05, 3.63) is 104 Å². The van der Waals surface area contributed by atoms with Crippen LogP contribution in [-0.2, 0) is 25.7 Å². The molecule has 1 nitrogen and oxygen atoms in total. The van der Waals surface area contributed by atoms with E-state index in [1.807, 2.05) is 19.1 Å². The summed E-state index contributed by atoms with van der Waals surface area (Å²) in [4.78, 5) is 0. The number of hydrogen-bond acceptors (Lipinski definition) is 1. The second kappa shape index (κ2) is 12.1. The lowest BCUT2D eigenvalue weighted by molar-refractivity contribution is 0.354. The van der Waals surface area contributed by atoms with Crippen molar-refractivity contribution in [3.63, 3.8) is 0 Å². The Morgan fingerprint density at radius 2 is 1.32 bits per heavy atom. The number of nitriles is 1. The molecule has 0 heterocycles. The van der Waals surface area contributed by atoms with Crippen molar-refractivity contribution in [1.82, 2.24) is 0 Å². The Bertz CT molecular complexity index is 1410. The summed E-state index contributed by atoms with van der Waals surface area (Å²) in [5.74, 6) is -4.45. The molecule has 0 aliphatic heterocycles. The van der Waals surface area contributed by atoms with Crippen molar-refractivity contribution in [2.24, 2.45) is 5.92 Å². The van der Waals surface area contributed by atoms with Gasteiger partial charge >= 0.3 is 0 Å². The van der Waals surface area contributed by atoms with Crippen LogP contribution in [-0.4, -0.2) is 0 Å². The van der Waals surface area contributed by atoms with Crippen LogP contribution in [0.5, 0.6) is 0 Å². The average Bonchev–Trinajstić information content (AvgIpc) is 2.98. The van der Waals surface area contributed by atoms with Gasteiger partial charge in [0.25, 0.3) is 0 Å². The summed E-state index contributed by atoms with van der Waals surface area (Å²) < 4.78 is 75.4. The summed E-state index contributed by atoms with van der Waals surface area (Å²) >= 11 is 0. The number of halogens is 5. The summed E-state index contributed by atoms with van der Waals surface area (Å²) in [6.45, 7) is 1.91. The maximum absolute atomic E-state index is 15.7. The second-order valence-corrected chi connectivity index (χ2v) is 11.5. The van der Waals surface area contributed by atoms with E-state index in [4.69, 9.17) is 5.26 Å². The molecule has 0 radical (unpaired) electrons. The highest BCUT2D eigenvalue weighted by Crippen LogP contribution is 2.45. The van der Waals surface area contributed by atoms with E-state index in [0.29, 0.717) is 56.1 Å². The largest absolute Gasteiger partial charge is 0.206 e. The van der Waals surface area contributed by atoms with Gasteiger partial charge in [0.1, 0.15) is 5.82 Å². The van der Waals surface area contributed by atoms with E-state index in [0.717, 1.165) is 24.8 Å². The summed E-state index contributed by atoms with van der Waals surface area (Å²) in [5, 5.41) is 9.01. The standard InChI is InChI=1S/C34H34F5N/c1-2-3-25-15-16-26(31(36)30(25)35)10-4-20-7-17-27-28(18-20)33(38)34(39)29(32(27)37)24-13-11-23(12-14-24)22-8-5-21(19-40)6-9-22/h5-6,8-9,15-16,20,23-24H,2-4,7,10-14,17-18H2,1H3. The first-order valence-corrected chi connectivity index (χ1v) is 14.5. The SMILES string of the molecule is CCCc1ccc(CCC2CCc3c(F)c(C4CCC(c5ccc(C#N)cc5)CC4)c(F)c(F)c3C2)c(F)c1F. The molecule has 3 aromatic carbocycles. The van der Waals surface area contributed by atoms with Gasteiger partial charge in [-0.1, -0.05) is 37.6 Å². The van der Waals surface area contributed by atoms with Gasteiger partial charge in [-0.3, -0.25) is 0 Å². The molecule has 1 unspecified atom stereocenters. The third-order valence-electron chi connectivity index (χ3n) is 9.09. The summed E-state index contributed by atoms with van der Waals surface area (Å²) in [6.07, 6.45) is 5.70. The van der Waals surface area contributed by atoms with Crippen LogP contribution < -0.4 is 0 Å². The maximum Gasteiger partial charge on any atom is 0.165 e. The lowest BCUT2D eigenvalue weighted by Gasteiger charge is -2.32. The van der Waals surface area contributed by atoms with Crippen molar-refractivity contribution in [3.8, 4) is 6.07 Å². The maximum atomic E-state index is 15.7. The highest BCUT2D eigenvalue weighted by molar-refractivity contribution is 5.41. The summed E-state index contributed by atoms with van der Waals surface area (Å²) in [5.41, 5.74) is 2.62. The molecular weight excluding hydrogens is 517 g/mol. The molecule has 1 atom stereocenters. The summed E-state index contributed by atoms with van der Waals surface area (Å²) in [6, 6.07) is 12.8. The van der Waals surface area contributed by atoms with Crippen LogP contribution in [0, 0.1) is 46.3 Å². The van der Waals surface area contributed by atoms with Gasteiger partial charge < -0.3 is 0 Å². The summed E-state index contributed by atoms with van der Waals surface area (Å²) in [7, 11) is 0. The van der Waals surface area contributed by atoms with E-state index >= 15 is 13.2 Å². The Kier molecular flexibility index (Phi) is 8.59. The smallest absolute Gasteiger partial charge is 0.165 e. The Balaban J connectivity index is 1.27. The van der Waals surface area contributed by atoms with Gasteiger partial charge in [0.05, 0.1) is 11.6 Å². The number of nitrogens with zero attached hydrogens (tertiary/aromatic N) is 1. The predicted octanol–water partition coefficient (Wildman–Crippen LogP) is 9.39. The second-order valence-electron chi connectivity index (χ2n) is 11.5. The van der Waals surface area contributed by atoms with Crippen molar-refractivity contribution in [1.29, 1.82) is 5.26 Å². The highest BCUT2D eigenvalue weighted by atomic mass is 19.2. The Hall–Kier alpha value is -3.20. The first kappa shape index (κ1) is 28.3. The minimum atomic E-state index is -1.07. The fourth-order valence-electron chi connectivity index (χ4n) is 6.78. The normalized spacial score (nSPS) is 20.7. The molecule has 0 spiro atoms. The monoisotopic (exact) mass is 551 g/mol. The zero-order valence-electron chi connectivity index (χ0n) is 22.8. The molecule has 0 aromatic heterocycles. The number of aryl methyl sites for hydroxylation is 2. The van der Waals surface area contributed by atoms with Gasteiger partial charge in [-0.15, -0.1) is 0 Å². The molecule has 210 valence electrons. The van der Waals surface area contributed by atoms with Crippen LogP contribution in [0.4, 0.5) is 22.0 Å². The molecule has 1 fully saturated rings. The third kappa shape index (κ3) is 5.53. The van der Waals surface area contributed by atoms with Gasteiger partial charge in [-0.05, 0) is 122 Å². The van der Waals surface area contributed by atoms with Crippen LogP contribution in [0.25, 0.3) is 0 Å². The number of fused-ring (bicyclic) bond motifs is 1. The van der Waals surface area contributed by atoms with E-state index in [1.54, 1.807) is 24.3 Å². The van der Waals surface area contributed by atoms with Gasteiger partial charge in [-0.2, -0.15) is 5.26 Å². The quantitative estimate of drug-likeness (QED) is 0.212. The molecule has 6 heteroatoms. The first-order chi connectivity index (χ1) is 19.3. The van der Waals surface area contributed by atoms with Crippen LogP contribution >= 0.6 is 0 Å². The van der Waals surface area contributed by atoms with Crippen LogP contribution in [0.3, 0.4) is 0 Å². The van der Waals surface area contributed by atoms with E-state index in [9.17, 15) is 8.78 Å². The van der Waals surface area contributed by atoms with Gasteiger partial charge in [0, 0.05) is 5.56 Å². The Morgan fingerprint density at radius 3 is 1.95 bits per heavy atom. The molecule has 2 aliphatic rings. The molecule has 1 saturated carbocycles. The zero-order valence-corrected chi connectivity index (χ0v) is 22.8. The van der Waals surface area contributed by atoms with E-state index in [1.165, 1.54) is 0 Å². The average molecular weight is 552 g/mol. The van der Waals surface area contributed by atoms with Gasteiger partial charge in [-0.25, -0.2) is 22.0 Å². The van der Waals surface area contributed by atoms with Crippen LogP contribution in [0.15, 0.2) is 36.4 Å². The topological polar surface area (TPSA) is 23.8 Å². The molecule has 2 aliphatic carbocycles. The molecule has 0 bridgehead atoms. The minimum Gasteiger partial charge on any atom is -0.206 e. The van der Waals surface area contributed by atoms with Crippen molar-refractivity contribution in [2.45, 2.75) is 89.4 Å². The Morgan fingerprint density at radius 1 is 0.700 bits per heavy atom. The van der Waals surface area contributed by atoms with Crippen molar-refractivity contribution in [2.75, 3.05) is 0 Å². The van der Waals surface area contributed by atoms with Gasteiger partial charge in [0.2, 0.25) is 0 Å². The number of rotatable bonds is 7. The lowest BCUT2D eigenvalue weighted by atomic mass is 9.73.